The van der Waals surface area contributed by atoms with E-state index in [1.165, 1.54) is 6.07 Å². The highest BCUT2D eigenvalue weighted by Gasteiger charge is 2.04. The van der Waals surface area contributed by atoms with Crippen LogP contribution in [0.4, 0.5) is 5.69 Å². The van der Waals surface area contributed by atoms with Crippen LogP contribution in [0.25, 0.3) is 0 Å². The van der Waals surface area contributed by atoms with Gasteiger partial charge in [-0.05, 0) is 13.0 Å². The number of hydrogen-bond acceptors (Lipinski definition) is 3. The monoisotopic (exact) mass is 252 g/mol. The van der Waals surface area contributed by atoms with Gasteiger partial charge in [0.1, 0.15) is 0 Å². The molecule has 2 heterocycles. The van der Waals surface area contributed by atoms with Crippen molar-refractivity contribution in [1.29, 1.82) is 0 Å². The maximum Gasteiger partial charge on any atom is 0.250 e. The summed E-state index contributed by atoms with van der Waals surface area (Å²) >= 11 is 5.90. The zero-order valence-corrected chi connectivity index (χ0v) is 10.2. The van der Waals surface area contributed by atoms with Gasteiger partial charge in [0.15, 0.2) is 0 Å². The first-order valence-electron chi connectivity index (χ1n) is 5.22. The Bertz CT molecular complexity index is 587. The van der Waals surface area contributed by atoms with Crippen molar-refractivity contribution in [3.05, 3.63) is 45.6 Å². The molecule has 0 amide bonds. The normalized spacial score (nSPS) is 10.7. The Kier molecular flexibility index (Phi) is 3.19. The number of rotatable bonds is 3. The second kappa shape index (κ2) is 4.63. The summed E-state index contributed by atoms with van der Waals surface area (Å²) in [6, 6.07) is 3.05. The molecule has 0 fully saturated rings. The van der Waals surface area contributed by atoms with Crippen molar-refractivity contribution in [1.82, 2.24) is 14.3 Å². The van der Waals surface area contributed by atoms with Crippen molar-refractivity contribution in [2.75, 3.05) is 5.73 Å². The Balaban J connectivity index is 2.15. The highest BCUT2D eigenvalue weighted by molar-refractivity contribution is 6.31. The van der Waals surface area contributed by atoms with Crippen LogP contribution in [-0.2, 0) is 13.1 Å². The SMILES string of the molecule is Cc1c(Cl)cnn1CCn1cc(N)ccc1=O. The van der Waals surface area contributed by atoms with E-state index in [0.29, 0.717) is 23.8 Å². The van der Waals surface area contributed by atoms with Gasteiger partial charge in [0.2, 0.25) is 0 Å². The summed E-state index contributed by atoms with van der Waals surface area (Å²) in [7, 11) is 0. The van der Waals surface area contributed by atoms with Crippen LogP contribution < -0.4 is 11.3 Å². The minimum Gasteiger partial charge on any atom is -0.398 e. The Morgan fingerprint density at radius 3 is 2.82 bits per heavy atom. The molecule has 2 N–H and O–H groups in total. The number of pyridine rings is 1. The van der Waals surface area contributed by atoms with Crippen LogP contribution in [0.2, 0.25) is 5.02 Å². The molecular formula is C11H13ClN4O. The molecule has 0 aliphatic heterocycles. The van der Waals surface area contributed by atoms with Crippen LogP contribution in [-0.4, -0.2) is 14.3 Å². The van der Waals surface area contributed by atoms with E-state index < -0.39 is 0 Å². The predicted octanol–water partition coefficient (Wildman–Crippen LogP) is 1.29. The predicted molar refractivity (Wildman–Crippen MR) is 67.1 cm³/mol. The molecule has 0 aliphatic rings. The van der Waals surface area contributed by atoms with E-state index in [9.17, 15) is 4.79 Å². The van der Waals surface area contributed by atoms with Crippen molar-refractivity contribution < 1.29 is 0 Å². The molecule has 0 atom stereocenters. The summed E-state index contributed by atoms with van der Waals surface area (Å²) in [4.78, 5) is 11.5. The summed E-state index contributed by atoms with van der Waals surface area (Å²) in [6.45, 7) is 2.99. The molecule has 90 valence electrons. The fourth-order valence-electron chi connectivity index (χ4n) is 1.58. The molecule has 2 rings (SSSR count). The highest BCUT2D eigenvalue weighted by Crippen LogP contribution is 2.12. The van der Waals surface area contributed by atoms with Gasteiger partial charge in [-0.1, -0.05) is 11.6 Å². The third-order valence-corrected chi connectivity index (χ3v) is 2.97. The second-order valence-corrected chi connectivity index (χ2v) is 4.20. The first-order valence-corrected chi connectivity index (χ1v) is 5.59. The standard InChI is InChI=1S/C11H13ClN4O/c1-8-10(12)6-14-16(8)5-4-15-7-9(13)2-3-11(15)17/h2-3,6-7H,4-5,13H2,1H3. The number of nitrogens with zero attached hydrogens (tertiary/aromatic N) is 3. The number of nitrogen functional groups attached to an aromatic ring is 1. The quantitative estimate of drug-likeness (QED) is 0.895. The number of hydrogen-bond donors (Lipinski definition) is 1. The molecule has 5 nitrogen and oxygen atoms in total. The van der Waals surface area contributed by atoms with Crippen LogP contribution in [0.3, 0.4) is 0 Å². The first kappa shape index (κ1) is 11.7. The van der Waals surface area contributed by atoms with Crippen molar-refractivity contribution in [2.45, 2.75) is 20.0 Å². The van der Waals surface area contributed by atoms with E-state index in [2.05, 4.69) is 5.10 Å². The molecule has 17 heavy (non-hydrogen) atoms. The number of aromatic nitrogens is 3. The largest absolute Gasteiger partial charge is 0.398 e. The zero-order valence-electron chi connectivity index (χ0n) is 9.43. The minimum atomic E-state index is -0.0740. The lowest BCUT2D eigenvalue weighted by Gasteiger charge is -2.07. The van der Waals surface area contributed by atoms with E-state index in [1.807, 2.05) is 6.92 Å². The molecular weight excluding hydrogens is 240 g/mol. The van der Waals surface area contributed by atoms with Crippen molar-refractivity contribution >= 4 is 17.3 Å². The topological polar surface area (TPSA) is 65.8 Å². The lowest BCUT2D eigenvalue weighted by Crippen LogP contribution is -2.22. The van der Waals surface area contributed by atoms with Crippen molar-refractivity contribution in [2.24, 2.45) is 0 Å². The van der Waals surface area contributed by atoms with Gasteiger partial charge in [-0.2, -0.15) is 5.10 Å². The van der Waals surface area contributed by atoms with Gasteiger partial charge in [-0.3, -0.25) is 9.48 Å². The molecule has 0 saturated carbocycles. The van der Waals surface area contributed by atoms with Crippen LogP contribution in [0.5, 0.6) is 0 Å². The Morgan fingerprint density at radius 2 is 2.18 bits per heavy atom. The van der Waals surface area contributed by atoms with Gasteiger partial charge in [-0.25, -0.2) is 0 Å². The molecule has 0 saturated heterocycles. The molecule has 0 unspecified atom stereocenters. The highest BCUT2D eigenvalue weighted by atomic mass is 35.5. The maximum atomic E-state index is 11.5. The lowest BCUT2D eigenvalue weighted by molar-refractivity contribution is 0.515. The number of anilines is 1. The molecule has 2 aromatic heterocycles. The minimum absolute atomic E-state index is 0.0740. The maximum absolute atomic E-state index is 11.5. The van der Waals surface area contributed by atoms with Crippen molar-refractivity contribution in [3.63, 3.8) is 0 Å². The third kappa shape index (κ3) is 2.50. The number of halogens is 1. The second-order valence-electron chi connectivity index (χ2n) is 3.80. The molecule has 6 heteroatoms. The summed E-state index contributed by atoms with van der Waals surface area (Å²) in [5.74, 6) is 0. The smallest absolute Gasteiger partial charge is 0.250 e. The summed E-state index contributed by atoms with van der Waals surface area (Å²) < 4.78 is 3.32. The van der Waals surface area contributed by atoms with E-state index in [4.69, 9.17) is 17.3 Å². The van der Waals surface area contributed by atoms with Crippen LogP contribution in [0.15, 0.2) is 29.3 Å². The lowest BCUT2D eigenvalue weighted by atomic mass is 10.4. The molecule has 0 aliphatic carbocycles. The molecule has 0 bridgehead atoms. The molecule has 2 aromatic rings. The van der Waals surface area contributed by atoms with Crippen LogP contribution in [0.1, 0.15) is 5.69 Å². The van der Waals surface area contributed by atoms with Crippen molar-refractivity contribution in [3.8, 4) is 0 Å². The molecule has 0 spiro atoms. The van der Waals surface area contributed by atoms with E-state index in [-0.39, 0.29) is 5.56 Å². The van der Waals surface area contributed by atoms with E-state index >= 15 is 0 Å². The van der Waals surface area contributed by atoms with Gasteiger partial charge >= 0.3 is 0 Å². The van der Waals surface area contributed by atoms with Gasteiger partial charge in [0, 0.05) is 24.5 Å². The van der Waals surface area contributed by atoms with Gasteiger partial charge in [0.25, 0.3) is 5.56 Å². The summed E-state index contributed by atoms with van der Waals surface area (Å²) in [6.07, 6.45) is 3.22. The van der Waals surface area contributed by atoms with Crippen LogP contribution >= 0.6 is 11.6 Å². The third-order valence-electron chi connectivity index (χ3n) is 2.60. The Labute approximate surface area is 103 Å². The van der Waals surface area contributed by atoms with E-state index in [1.54, 1.807) is 27.7 Å². The van der Waals surface area contributed by atoms with Gasteiger partial charge in [-0.15, -0.1) is 0 Å². The van der Waals surface area contributed by atoms with Crippen LogP contribution in [0, 0.1) is 6.92 Å². The Hall–Kier alpha value is -1.75. The number of aryl methyl sites for hydroxylation is 2. The average Bonchev–Trinajstić information content (AvgIpc) is 2.62. The molecule has 0 aromatic carbocycles. The Morgan fingerprint density at radius 1 is 1.41 bits per heavy atom. The van der Waals surface area contributed by atoms with Gasteiger partial charge in [0.05, 0.1) is 23.5 Å². The van der Waals surface area contributed by atoms with Gasteiger partial charge < -0.3 is 10.3 Å². The molecule has 0 radical (unpaired) electrons. The first-order chi connectivity index (χ1) is 8.08. The zero-order chi connectivity index (χ0) is 12.4. The fourth-order valence-corrected chi connectivity index (χ4v) is 1.72. The summed E-state index contributed by atoms with van der Waals surface area (Å²) in [5, 5.41) is 4.75. The fraction of sp³-hybridized carbons (Fsp3) is 0.273. The average molecular weight is 253 g/mol. The number of nitrogens with two attached hydrogens (primary N) is 1. The van der Waals surface area contributed by atoms with E-state index in [0.717, 1.165) is 5.69 Å². The summed E-state index contributed by atoms with van der Waals surface area (Å²) in [5.41, 5.74) is 7.01.